The zero-order valence-electron chi connectivity index (χ0n) is 15.5. The molecule has 0 saturated carbocycles. The lowest BCUT2D eigenvalue weighted by Gasteiger charge is -2.25. The standard InChI is InChI=1S/C18H24N4O4S/c1-13(2)18-21-20-16(26-18)12-19-17(23)14-6-8-15(9-7-14)27(24,25)22-10-4-3-5-11-22/h6-9,13H,3-5,10-12H2,1-2H3,(H,19,23). The molecule has 1 saturated heterocycles. The number of hydrogen-bond acceptors (Lipinski definition) is 6. The number of nitrogens with zero attached hydrogens (tertiary/aromatic N) is 3. The van der Waals surface area contributed by atoms with Crippen molar-refractivity contribution >= 4 is 15.9 Å². The lowest BCUT2D eigenvalue weighted by Crippen LogP contribution is -2.35. The maximum Gasteiger partial charge on any atom is 0.251 e. The van der Waals surface area contributed by atoms with Crippen LogP contribution in [-0.2, 0) is 16.6 Å². The lowest BCUT2D eigenvalue weighted by atomic mass is 10.2. The molecule has 0 aliphatic carbocycles. The van der Waals surface area contributed by atoms with Crippen molar-refractivity contribution in [3.8, 4) is 0 Å². The molecule has 0 bridgehead atoms. The summed E-state index contributed by atoms with van der Waals surface area (Å²) in [7, 11) is -3.50. The first-order chi connectivity index (χ1) is 12.9. The highest BCUT2D eigenvalue weighted by atomic mass is 32.2. The van der Waals surface area contributed by atoms with E-state index in [1.165, 1.54) is 28.6 Å². The van der Waals surface area contributed by atoms with E-state index in [-0.39, 0.29) is 23.3 Å². The van der Waals surface area contributed by atoms with Gasteiger partial charge in [0.2, 0.25) is 21.8 Å². The number of amides is 1. The van der Waals surface area contributed by atoms with Gasteiger partial charge in [0.15, 0.2) is 0 Å². The molecular formula is C18H24N4O4S. The van der Waals surface area contributed by atoms with Crippen LogP contribution >= 0.6 is 0 Å². The van der Waals surface area contributed by atoms with Gasteiger partial charge in [-0.1, -0.05) is 20.3 Å². The molecular weight excluding hydrogens is 368 g/mol. The van der Waals surface area contributed by atoms with Gasteiger partial charge in [0, 0.05) is 24.6 Å². The minimum absolute atomic E-state index is 0.117. The van der Waals surface area contributed by atoms with E-state index in [4.69, 9.17) is 4.42 Å². The maximum atomic E-state index is 12.6. The molecule has 3 rings (SSSR count). The molecule has 1 aromatic heterocycles. The minimum Gasteiger partial charge on any atom is -0.423 e. The van der Waals surface area contributed by atoms with Crippen LogP contribution in [0.5, 0.6) is 0 Å². The van der Waals surface area contributed by atoms with Gasteiger partial charge in [-0.05, 0) is 37.1 Å². The van der Waals surface area contributed by atoms with Gasteiger partial charge in [-0.3, -0.25) is 4.79 Å². The average Bonchev–Trinajstić information content (AvgIpc) is 3.16. The van der Waals surface area contributed by atoms with Crippen LogP contribution in [0.15, 0.2) is 33.6 Å². The summed E-state index contributed by atoms with van der Waals surface area (Å²) in [5.41, 5.74) is 0.371. The molecule has 146 valence electrons. The van der Waals surface area contributed by atoms with Crippen molar-refractivity contribution < 1.29 is 17.6 Å². The Morgan fingerprint density at radius 1 is 1.15 bits per heavy atom. The van der Waals surface area contributed by atoms with Crippen molar-refractivity contribution in [2.45, 2.75) is 50.5 Å². The molecule has 1 aliphatic heterocycles. The highest BCUT2D eigenvalue weighted by Crippen LogP contribution is 2.21. The average molecular weight is 392 g/mol. The van der Waals surface area contributed by atoms with Gasteiger partial charge in [0.1, 0.15) is 0 Å². The van der Waals surface area contributed by atoms with Crippen molar-refractivity contribution in [3.05, 3.63) is 41.6 Å². The third kappa shape index (κ3) is 4.54. The Kier molecular flexibility index (Phi) is 5.91. The van der Waals surface area contributed by atoms with Crippen LogP contribution in [-0.4, -0.2) is 41.9 Å². The Morgan fingerprint density at radius 3 is 2.41 bits per heavy atom. The summed E-state index contributed by atoms with van der Waals surface area (Å²) in [6.07, 6.45) is 2.83. The van der Waals surface area contributed by atoms with E-state index in [2.05, 4.69) is 15.5 Å². The number of hydrogen-bond donors (Lipinski definition) is 1. The van der Waals surface area contributed by atoms with E-state index >= 15 is 0 Å². The quantitative estimate of drug-likeness (QED) is 0.809. The SMILES string of the molecule is CC(C)c1nnc(CNC(=O)c2ccc(S(=O)(=O)N3CCCCC3)cc2)o1. The van der Waals surface area contributed by atoms with Crippen LogP contribution < -0.4 is 5.32 Å². The molecule has 0 spiro atoms. The fourth-order valence-electron chi connectivity index (χ4n) is 2.86. The van der Waals surface area contributed by atoms with Crippen molar-refractivity contribution in [2.75, 3.05) is 13.1 Å². The Hall–Kier alpha value is -2.26. The predicted molar refractivity (Wildman–Crippen MR) is 98.6 cm³/mol. The third-order valence-electron chi connectivity index (χ3n) is 4.45. The zero-order valence-corrected chi connectivity index (χ0v) is 16.3. The number of piperidine rings is 1. The molecule has 1 fully saturated rings. The summed E-state index contributed by atoms with van der Waals surface area (Å²) in [6.45, 7) is 5.09. The molecule has 1 aliphatic rings. The van der Waals surface area contributed by atoms with Crippen LogP contribution in [0.1, 0.15) is 61.2 Å². The summed E-state index contributed by atoms with van der Waals surface area (Å²) in [6, 6.07) is 5.98. The van der Waals surface area contributed by atoms with Crippen LogP contribution in [0, 0.1) is 0 Å². The molecule has 9 heteroatoms. The van der Waals surface area contributed by atoms with E-state index < -0.39 is 10.0 Å². The monoisotopic (exact) mass is 392 g/mol. The molecule has 1 aromatic carbocycles. The van der Waals surface area contributed by atoms with Crippen LogP contribution in [0.25, 0.3) is 0 Å². The largest absolute Gasteiger partial charge is 0.423 e. The number of rotatable bonds is 6. The van der Waals surface area contributed by atoms with Crippen molar-refractivity contribution in [3.63, 3.8) is 0 Å². The second-order valence-electron chi connectivity index (χ2n) is 6.86. The molecule has 1 N–H and O–H groups in total. The predicted octanol–water partition coefficient (Wildman–Crippen LogP) is 2.30. The fraction of sp³-hybridized carbons (Fsp3) is 0.500. The summed E-state index contributed by atoms with van der Waals surface area (Å²) in [5.74, 6) is 0.639. The summed E-state index contributed by atoms with van der Waals surface area (Å²) in [4.78, 5) is 12.5. The first-order valence-corrected chi connectivity index (χ1v) is 10.5. The Morgan fingerprint density at radius 2 is 1.81 bits per heavy atom. The van der Waals surface area contributed by atoms with Gasteiger partial charge in [0.05, 0.1) is 11.4 Å². The van der Waals surface area contributed by atoms with Gasteiger partial charge in [-0.15, -0.1) is 10.2 Å². The third-order valence-corrected chi connectivity index (χ3v) is 6.36. The molecule has 0 atom stereocenters. The van der Waals surface area contributed by atoms with Crippen LogP contribution in [0.3, 0.4) is 0 Å². The first-order valence-electron chi connectivity index (χ1n) is 9.08. The summed E-state index contributed by atoms with van der Waals surface area (Å²) < 4.78 is 32.2. The second-order valence-corrected chi connectivity index (χ2v) is 8.80. The number of carbonyl (C=O) groups is 1. The van der Waals surface area contributed by atoms with E-state index in [9.17, 15) is 13.2 Å². The number of sulfonamides is 1. The van der Waals surface area contributed by atoms with Crippen molar-refractivity contribution in [1.29, 1.82) is 0 Å². The van der Waals surface area contributed by atoms with E-state index in [1.54, 1.807) is 0 Å². The minimum atomic E-state index is -3.50. The summed E-state index contributed by atoms with van der Waals surface area (Å²) >= 11 is 0. The molecule has 2 aromatic rings. The van der Waals surface area contributed by atoms with E-state index in [1.807, 2.05) is 13.8 Å². The normalized spacial score (nSPS) is 15.8. The van der Waals surface area contributed by atoms with E-state index in [0.717, 1.165) is 19.3 Å². The zero-order chi connectivity index (χ0) is 19.4. The topological polar surface area (TPSA) is 105 Å². The van der Waals surface area contributed by atoms with Gasteiger partial charge >= 0.3 is 0 Å². The fourth-order valence-corrected chi connectivity index (χ4v) is 4.38. The van der Waals surface area contributed by atoms with Gasteiger partial charge in [-0.2, -0.15) is 4.31 Å². The first kappa shape index (κ1) is 19.5. The van der Waals surface area contributed by atoms with Gasteiger partial charge in [-0.25, -0.2) is 8.42 Å². The van der Waals surface area contributed by atoms with Crippen molar-refractivity contribution in [2.24, 2.45) is 0 Å². The Bertz CT molecular complexity index is 884. The smallest absolute Gasteiger partial charge is 0.251 e. The second kappa shape index (κ2) is 8.18. The highest BCUT2D eigenvalue weighted by molar-refractivity contribution is 7.89. The molecule has 0 unspecified atom stereocenters. The van der Waals surface area contributed by atoms with Crippen LogP contribution in [0.4, 0.5) is 0 Å². The highest BCUT2D eigenvalue weighted by Gasteiger charge is 2.26. The number of benzene rings is 1. The Labute approximate surface area is 159 Å². The molecule has 2 heterocycles. The number of aromatic nitrogens is 2. The van der Waals surface area contributed by atoms with Crippen LogP contribution in [0.2, 0.25) is 0 Å². The van der Waals surface area contributed by atoms with Gasteiger partial charge in [0.25, 0.3) is 5.91 Å². The number of carbonyl (C=O) groups excluding carboxylic acids is 1. The van der Waals surface area contributed by atoms with E-state index in [0.29, 0.717) is 30.4 Å². The Balaban J connectivity index is 1.62. The van der Waals surface area contributed by atoms with Gasteiger partial charge < -0.3 is 9.73 Å². The lowest BCUT2D eigenvalue weighted by molar-refractivity contribution is 0.0947. The van der Waals surface area contributed by atoms with Crippen molar-refractivity contribution in [1.82, 2.24) is 19.8 Å². The molecule has 0 radical (unpaired) electrons. The molecule has 1 amide bonds. The molecule has 27 heavy (non-hydrogen) atoms. The summed E-state index contributed by atoms with van der Waals surface area (Å²) in [5, 5.41) is 10.5. The molecule has 8 nitrogen and oxygen atoms in total. The maximum absolute atomic E-state index is 12.6. The number of nitrogens with one attached hydrogen (secondary N) is 1.